The molecular formula is C10H18ClNOS. The Labute approximate surface area is 95.4 Å². The molecule has 82 valence electrons. The van der Waals surface area contributed by atoms with Crippen LogP contribution in [0.1, 0.15) is 20.8 Å². The molecule has 0 bridgehead atoms. The van der Waals surface area contributed by atoms with Gasteiger partial charge >= 0.3 is 0 Å². The van der Waals surface area contributed by atoms with Gasteiger partial charge < -0.3 is 4.90 Å². The molecule has 0 aliphatic carbocycles. The van der Waals surface area contributed by atoms with Crippen molar-refractivity contribution in [2.45, 2.75) is 26.8 Å². The highest BCUT2D eigenvalue weighted by Gasteiger charge is 2.34. The van der Waals surface area contributed by atoms with Crippen LogP contribution in [-0.4, -0.2) is 40.8 Å². The summed E-state index contributed by atoms with van der Waals surface area (Å²) in [4.78, 5) is 14.1. The topological polar surface area (TPSA) is 20.3 Å². The van der Waals surface area contributed by atoms with Crippen LogP contribution in [0.5, 0.6) is 0 Å². The summed E-state index contributed by atoms with van der Waals surface area (Å²) in [6.45, 7) is 6.80. The summed E-state index contributed by atoms with van der Waals surface area (Å²) in [5, 5.41) is 0. The average molecular weight is 236 g/mol. The van der Waals surface area contributed by atoms with Gasteiger partial charge in [0.05, 0.1) is 5.41 Å². The van der Waals surface area contributed by atoms with E-state index in [4.69, 9.17) is 11.6 Å². The van der Waals surface area contributed by atoms with E-state index in [2.05, 4.69) is 6.92 Å². The Kier molecular flexibility index (Phi) is 4.14. The van der Waals surface area contributed by atoms with E-state index in [0.717, 1.165) is 18.1 Å². The van der Waals surface area contributed by atoms with Gasteiger partial charge in [0.15, 0.2) is 0 Å². The average Bonchev–Trinajstić information content (AvgIpc) is 2.17. The lowest BCUT2D eigenvalue weighted by Crippen LogP contribution is -2.50. The summed E-state index contributed by atoms with van der Waals surface area (Å²) < 4.78 is 0. The van der Waals surface area contributed by atoms with Crippen molar-refractivity contribution in [3.05, 3.63) is 0 Å². The molecule has 4 heteroatoms. The molecule has 0 aromatic rings. The van der Waals surface area contributed by atoms with Crippen LogP contribution >= 0.6 is 23.4 Å². The second-order valence-corrected chi connectivity index (χ2v) is 5.86. The van der Waals surface area contributed by atoms with Crippen LogP contribution in [0.4, 0.5) is 0 Å². The van der Waals surface area contributed by atoms with Gasteiger partial charge in [-0.15, -0.1) is 11.6 Å². The number of thioether (sulfide) groups is 1. The van der Waals surface area contributed by atoms with E-state index in [0.29, 0.717) is 11.9 Å². The minimum absolute atomic E-state index is 0.195. The number of halogens is 1. The Hall–Kier alpha value is 0.110. The van der Waals surface area contributed by atoms with Gasteiger partial charge in [0.25, 0.3) is 0 Å². The lowest BCUT2D eigenvalue weighted by atomic mass is 9.93. The van der Waals surface area contributed by atoms with E-state index in [-0.39, 0.29) is 5.91 Å². The molecule has 1 aliphatic rings. The Morgan fingerprint density at radius 3 is 2.79 bits per heavy atom. The summed E-state index contributed by atoms with van der Waals surface area (Å²) in [6.07, 6.45) is 0. The highest BCUT2D eigenvalue weighted by Crippen LogP contribution is 2.25. The Morgan fingerprint density at radius 1 is 1.64 bits per heavy atom. The third-order valence-electron chi connectivity index (χ3n) is 2.54. The van der Waals surface area contributed by atoms with E-state index in [1.807, 2.05) is 30.5 Å². The SMILES string of the molecule is CC1CSCCN1C(=O)C(C)(C)CCl. The zero-order valence-electron chi connectivity index (χ0n) is 9.05. The summed E-state index contributed by atoms with van der Waals surface area (Å²) in [7, 11) is 0. The van der Waals surface area contributed by atoms with Gasteiger partial charge in [0.2, 0.25) is 5.91 Å². The van der Waals surface area contributed by atoms with Gasteiger partial charge in [-0.25, -0.2) is 0 Å². The van der Waals surface area contributed by atoms with Crippen LogP contribution in [0.15, 0.2) is 0 Å². The number of carbonyl (C=O) groups is 1. The largest absolute Gasteiger partial charge is 0.338 e. The maximum absolute atomic E-state index is 12.1. The molecule has 1 fully saturated rings. The van der Waals surface area contributed by atoms with Crippen molar-refractivity contribution in [2.75, 3.05) is 23.9 Å². The first kappa shape index (κ1) is 12.2. The maximum atomic E-state index is 12.1. The predicted octanol–water partition coefficient (Wildman–Crippen LogP) is 2.22. The first-order valence-electron chi connectivity index (χ1n) is 4.94. The van der Waals surface area contributed by atoms with Gasteiger partial charge in [-0.2, -0.15) is 11.8 Å². The number of nitrogens with zero attached hydrogens (tertiary/aromatic N) is 1. The van der Waals surface area contributed by atoms with Crippen LogP contribution in [0, 0.1) is 5.41 Å². The summed E-state index contributed by atoms with van der Waals surface area (Å²) in [5.41, 5.74) is -0.419. The van der Waals surface area contributed by atoms with Gasteiger partial charge in [-0.05, 0) is 20.8 Å². The third-order valence-corrected chi connectivity index (χ3v) is 4.40. The number of hydrogen-bond donors (Lipinski definition) is 0. The lowest BCUT2D eigenvalue weighted by molar-refractivity contribution is -0.140. The molecule has 0 aromatic carbocycles. The zero-order valence-corrected chi connectivity index (χ0v) is 10.6. The molecule has 1 rings (SSSR count). The van der Waals surface area contributed by atoms with Crippen molar-refractivity contribution >= 4 is 29.3 Å². The fourth-order valence-electron chi connectivity index (χ4n) is 1.47. The van der Waals surface area contributed by atoms with Crippen LogP contribution in [-0.2, 0) is 4.79 Å². The Balaban J connectivity index is 2.67. The fourth-order valence-corrected chi connectivity index (χ4v) is 2.60. The van der Waals surface area contributed by atoms with Crippen LogP contribution in [0.3, 0.4) is 0 Å². The standard InChI is InChI=1S/C10H18ClNOS/c1-8-6-14-5-4-12(8)9(13)10(2,3)7-11/h8H,4-7H2,1-3H3. The van der Waals surface area contributed by atoms with Crippen molar-refractivity contribution in [1.29, 1.82) is 0 Å². The molecule has 2 nitrogen and oxygen atoms in total. The highest BCUT2D eigenvalue weighted by atomic mass is 35.5. The molecular weight excluding hydrogens is 218 g/mol. The Morgan fingerprint density at radius 2 is 2.29 bits per heavy atom. The van der Waals surface area contributed by atoms with E-state index < -0.39 is 5.41 Å². The maximum Gasteiger partial charge on any atom is 0.229 e. The van der Waals surface area contributed by atoms with Gasteiger partial charge in [-0.1, -0.05) is 0 Å². The normalized spacial score (nSPS) is 23.7. The molecule has 1 atom stereocenters. The quantitative estimate of drug-likeness (QED) is 0.685. The van der Waals surface area contributed by atoms with Gasteiger partial charge in [0.1, 0.15) is 0 Å². The number of rotatable bonds is 2. The van der Waals surface area contributed by atoms with Crippen molar-refractivity contribution < 1.29 is 4.79 Å². The number of hydrogen-bond acceptors (Lipinski definition) is 2. The molecule has 0 saturated carbocycles. The van der Waals surface area contributed by atoms with Crippen molar-refractivity contribution in [1.82, 2.24) is 4.90 Å². The minimum atomic E-state index is -0.419. The highest BCUT2D eigenvalue weighted by molar-refractivity contribution is 7.99. The second kappa shape index (κ2) is 4.75. The number of alkyl halides is 1. The first-order valence-corrected chi connectivity index (χ1v) is 6.63. The molecule has 1 unspecified atom stereocenters. The molecule has 1 heterocycles. The fraction of sp³-hybridized carbons (Fsp3) is 0.900. The van der Waals surface area contributed by atoms with Crippen LogP contribution < -0.4 is 0 Å². The zero-order chi connectivity index (χ0) is 10.8. The lowest BCUT2D eigenvalue weighted by Gasteiger charge is -2.37. The summed E-state index contributed by atoms with van der Waals surface area (Å²) in [6, 6.07) is 0.351. The summed E-state index contributed by atoms with van der Waals surface area (Å²) >= 11 is 7.72. The van der Waals surface area contributed by atoms with Crippen molar-refractivity contribution in [3.8, 4) is 0 Å². The summed E-state index contributed by atoms with van der Waals surface area (Å²) in [5.74, 6) is 2.68. The van der Waals surface area contributed by atoms with E-state index in [1.165, 1.54) is 0 Å². The Bertz CT molecular complexity index is 220. The second-order valence-electron chi connectivity index (χ2n) is 4.44. The van der Waals surface area contributed by atoms with E-state index in [1.54, 1.807) is 0 Å². The first-order chi connectivity index (χ1) is 6.49. The van der Waals surface area contributed by atoms with Crippen molar-refractivity contribution in [3.63, 3.8) is 0 Å². The van der Waals surface area contributed by atoms with Crippen LogP contribution in [0.2, 0.25) is 0 Å². The predicted molar refractivity (Wildman–Crippen MR) is 63.0 cm³/mol. The van der Waals surface area contributed by atoms with E-state index in [9.17, 15) is 4.79 Å². The minimum Gasteiger partial charge on any atom is -0.338 e. The molecule has 14 heavy (non-hydrogen) atoms. The van der Waals surface area contributed by atoms with E-state index >= 15 is 0 Å². The smallest absolute Gasteiger partial charge is 0.229 e. The molecule has 0 radical (unpaired) electrons. The van der Waals surface area contributed by atoms with Gasteiger partial charge in [-0.3, -0.25) is 4.79 Å². The third kappa shape index (κ3) is 2.57. The van der Waals surface area contributed by atoms with Crippen molar-refractivity contribution in [2.24, 2.45) is 5.41 Å². The molecule has 1 amide bonds. The number of amides is 1. The monoisotopic (exact) mass is 235 g/mol. The number of carbonyl (C=O) groups excluding carboxylic acids is 1. The molecule has 0 aromatic heterocycles. The molecule has 0 spiro atoms. The molecule has 1 aliphatic heterocycles. The van der Waals surface area contributed by atoms with Crippen LogP contribution in [0.25, 0.3) is 0 Å². The molecule has 1 saturated heterocycles. The van der Waals surface area contributed by atoms with Gasteiger partial charge in [0, 0.05) is 30.0 Å². The molecule has 0 N–H and O–H groups in total.